The van der Waals surface area contributed by atoms with E-state index in [0.717, 1.165) is 38.6 Å². The molecular weight excluding hydrogens is 258 g/mol. The second-order valence-corrected chi connectivity index (χ2v) is 7.09. The largest absolute Gasteiger partial charge is 0.390 e. The first-order valence-electron chi connectivity index (χ1n) is 8.75. The molecule has 116 valence electrons. The van der Waals surface area contributed by atoms with Crippen molar-refractivity contribution in [1.29, 1.82) is 0 Å². The topological polar surface area (TPSA) is 32.3 Å². The van der Waals surface area contributed by atoms with Crippen LogP contribution in [0.4, 0.5) is 0 Å². The van der Waals surface area contributed by atoms with Crippen molar-refractivity contribution >= 4 is 0 Å². The third-order valence-electron chi connectivity index (χ3n) is 5.30. The first-order chi connectivity index (χ1) is 10.2. The van der Waals surface area contributed by atoms with Crippen LogP contribution in [0.15, 0.2) is 18.2 Å². The maximum Gasteiger partial charge on any atom is 0.0689 e. The predicted octanol–water partition coefficient (Wildman–Crippen LogP) is 3.39. The quantitative estimate of drug-likeness (QED) is 0.870. The fraction of sp³-hybridized carbons (Fsp3) is 0.684. The first-order valence-corrected chi connectivity index (χ1v) is 8.75. The zero-order valence-electron chi connectivity index (χ0n) is 13.3. The summed E-state index contributed by atoms with van der Waals surface area (Å²) < 4.78 is 0. The molecule has 0 atom stereocenters. The molecule has 21 heavy (non-hydrogen) atoms. The van der Waals surface area contributed by atoms with Gasteiger partial charge in [0.2, 0.25) is 0 Å². The van der Waals surface area contributed by atoms with Crippen LogP contribution in [0.25, 0.3) is 0 Å². The molecule has 2 nitrogen and oxygen atoms in total. The van der Waals surface area contributed by atoms with Crippen LogP contribution in [0.1, 0.15) is 62.1 Å². The van der Waals surface area contributed by atoms with Crippen molar-refractivity contribution in [1.82, 2.24) is 5.32 Å². The van der Waals surface area contributed by atoms with E-state index >= 15 is 0 Å². The lowest BCUT2D eigenvalue weighted by atomic mass is 9.78. The lowest BCUT2D eigenvalue weighted by Crippen LogP contribution is -2.42. The van der Waals surface area contributed by atoms with E-state index in [1.165, 1.54) is 42.4 Å². The minimum atomic E-state index is -0.475. The molecule has 1 aromatic carbocycles. The summed E-state index contributed by atoms with van der Waals surface area (Å²) in [7, 11) is 0. The summed E-state index contributed by atoms with van der Waals surface area (Å²) in [5, 5.41) is 14.5. The third kappa shape index (κ3) is 3.67. The predicted molar refractivity (Wildman–Crippen MR) is 87.7 cm³/mol. The molecule has 0 aromatic heterocycles. The van der Waals surface area contributed by atoms with Gasteiger partial charge in [-0.2, -0.15) is 0 Å². The molecule has 0 bridgehead atoms. The Morgan fingerprint density at radius 2 is 1.95 bits per heavy atom. The van der Waals surface area contributed by atoms with E-state index in [1.54, 1.807) is 0 Å². The number of fused-ring (bicyclic) bond motifs is 1. The van der Waals surface area contributed by atoms with Gasteiger partial charge in [0.1, 0.15) is 0 Å². The number of nitrogens with one attached hydrogen (secondary N) is 1. The van der Waals surface area contributed by atoms with E-state index in [1.807, 2.05) is 0 Å². The first kappa shape index (κ1) is 15.1. The molecule has 1 aromatic rings. The van der Waals surface area contributed by atoms with E-state index < -0.39 is 5.60 Å². The van der Waals surface area contributed by atoms with E-state index in [2.05, 4.69) is 30.4 Å². The van der Waals surface area contributed by atoms with Crippen molar-refractivity contribution in [3.63, 3.8) is 0 Å². The Balaban J connectivity index is 1.57. The van der Waals surface area contributed by atoms with Gasteiger partial charge >= 0.3 is 0 Å². The van der Waals surface area contributed by atoms with Crippen LogP contribution in [0.3, 0.4) is 0 Å². The molecule has 2 aliphatic rings. The molecule has 0 aliphatic heterocycles. The van der Waals surface area contributed by atoms with Gasteiger partial charge in [0.15, 0.2) is 0 Å². The molecule has 2 heteroatoms. The highest BCUT2D eigenvalue weighted by Crippen LogP contribution is 2.32. The average molecular weight is 287 g/mol. The molecule has 0 spiro atoms. The van der Waals surface area contributed by atoms with Gasteiger partial charge in [0, 0.05) is 12.5 Å². The summed E-state index contributed by atoms with van der Waals surface area (Å²) >= 11 is 0. The summed E-state index contributed by atoms with van der Waals surface area (Å²) in [6.07, 6.45) is 9.89. The van der Waals surface area contributed by atoms with Crippen LogP contribution in [-0.4, -0.2) is 23.3 Å². The zero-order chi connectivity index (χ0) is 14.7. The Kier molecular flexibility index (Phi) is 4.66. The Hall–Kier alpha value is -0.860. The summed E-state index contributed by atoms with van der Waals surface area (Å²) in [6, 6.07) is 7.49. The monoisotopic (exact) mass is 287 g/mol. The number of aryl methyl sites for hydroxylation is 2. The maximum atomic E-state index is 10.9. The Labute approximate surface area is 129 Å². The van der Waals surface area contributed by atoms with Crippen LogP contribution < -0.4 is 5.32 Å². The summed E-state index contributed by atoms with van der Waals surface area (Å²) in [4.78, 5) is 0. The highest BCUT2D eigenvalue weighted by Gasteiger charge is 2.33. The van der Waals surface area contributed by atoms with Crippen molar-refractivity contribution in [3.05, 3.63) is 34.9 Å². The summed E-state index contributed by atoms with van der Waals surface area (Å²) in [5.74, 6) is 0. The third-order valence-corrected chi connectivity index (χ3v) is 5.30. The number of rotatable bonds is 5. The molecule has 0 radical (unpaired) electrons. The number of benzene rings is 1. The normalized spacial score (nSPS) is 28.6. The van der Waals surface area contributed by atoms with E-state index in [-0.39, 0.29) is 0 Å². The maximum absolute atomic E-state index is 10.9. The number of hydrogen-bond acceptors (Lipinski definition) is 2. The number of aliphatic hydroxyl groups is 1. The van der Waals surface area contributed by atoms with E-state index in [9.17, 15) is 5.11 Å². The fourth-order valence-electron chi connectivity index (χ4n) is 4.00. The standard InChI is InChI=1S/C19H29NO/c1-2-12-20-18-8-10-19(21,11-9-18)14-15-6-7-16-4-3-5-17(16)13-15/h6-7,13,18,20-21H,2-5,8-12,14H2,1H3. The highest BCUT2D eigenvalue weighted by molar-refractivity contribution is 5.35. The molecule has 1 fully saturated rings. The van der Waals surface area contributed by atoms with Gasteiger partial charge in [-0.1, -0.05) is 25.1 Å². The molecular formula is C19H29NO. The average Bonchev–Trinajstić information content (AvgIpc) is 2.94. The zero-order valence-corrected chi connectivity index (χ0v) is 13.3. The van der Waals surface area contributed by atoms with Crippen molar-refractivity contribution in [2.45, 2.75) is 76.4 Å². The van der Waals surface area contributed by atoms with Gasteiger partial charge in [-0.25, -0.2) is 0 Å². The van der Waals surface area contributed by atoms with Crippen LogP contribution in [0.5, 0.6) is 0 Å². The van der Waals surface area contributed by atoms with Gasteiger partial charge < -0.3 is 10.4 Å². The Bertz CT molecular complexity index is 474. The highest BCUT2D eigenvalue weighted by atomic mass is 16.3. The van der Waals surface area contributed by atoms with Gasteiger partial charge in [-0.05, 0) is 74.6 Å². The Morgan fingerprint density at radius 1 is 1.19 bits per heavy atom. The SMILES string of the molecule is CCCNC1CCC(O)(Cc2ccc3c(c2)CCC3)CC1. The molecule has 0 unspecified atom stereocenters. The molecule has 2 aliphatic carbocycles. The van der Waals surface area contributed by atoms with E-state index in [0.29, 0.717) is 6.04 Å². The van der Waals surface area contributed by atoms with Gasteiger partial charge in [-0.15, -0.1) is 0 Å². The van der Waals surface area contributed by atoms with E-state index in [4.69, 9.17) is 0 Å². The van der Waals surface area contributed by atoms with Crippen molar-refractivity contribution in [2.75, 3.05) is 6.54 Å². The summed E-state index contributed by atoms with van der Waals surface area (Å²) in [6.45, 7) is 3.31. The Morgan fingerprint density at radius 3 is 2.71 bits per heavy atom. The minimum absolute atomic E-state index is 0.475. The summed E-state index contributed by atoms with van der Waals surface area (Å²) in [5.41, 5.74) is 3.91. The second-order valence-electron chi connectivity index (χ2n) is 7.09. The van der Waals surface area contributed by atoms with Crippen molar-refractivity contribution in [2.24, 2.45) is 0 Å². The molecule has 0 saturated heterocycles. The van der Waals surface area contributed by atoms with Crippen LogP contribution in [0.2, 0.25) is 0 Å². The van der Waals surface area contributed by atoms with Crippen LogP contribution >= 0.6 is 0 Å². The van der Waals surface area contributed by atoms with Crippen molar-refractivity contribution < 1.29 is 5.11 Å². The fourth-order valence-corrected chi connectivity index (χ4v) is 4.00. The lowest BCUT2D eigenvalue weighted by Gasteiger charge is -2.36. The molecule has 0 heterocycles. The number of hydrogen-bond donors (Lipinski definition) is 2. The van der Waals surface area contributed by atoms with Crippen LogP contribution in [-0.2, 0) is 19.3 Å². The molecule has 3 rings (SSSR count). The molecule has 0 amide bonds. The molecule has 2 N–H and O–H groups in total. The van der Waals surface area contributed by atoms with Gasteiger partial charge in [-0.3, -0.25) is 0 Å². The van der Waals surface area contributed by atoms with Crippen LogP contribution in [0, 0.1) is 0 Å². The lowest BCUT2D eigenvalue weighted by molar-refractivity contribution is -0.00307. The van der Waals surface area contributed by atoms with Crippen molar-refractivity contribution in [3.8, 4) is 0 Å². The van der Waals surface area contributed by atoms with Gasteiger partial charge in [0.25, 0.3) is 0 Å². The van der Waals surface area contributed by atoms with Gasteiger partial charge in [0.05, 0.1) is 5.60 Å². The second kappa shape index (κ2) is 6.50. The minimum Gasteiger partial charge on any atom is -0.390 e. The smallest absolute Gasteiger partial charge is 0.0689 e. The molecule has 1 saturated carbocycles.